The molecule has 0 bridgehead atoms. The quantitative estimate of drug-likeness (QED) is 0.679. The number of rotatable bonds is 3. The summed E-state index contributed by atoms with van der Waals surface area (Å²) in [4.78, 5) is 2.63. The molecule has 1 heterocycles. The Bertz CT molecular complexity index is 127. The van der Waals surface area contributed by atoms with Crippen molar-refractivity contribution in [3.05, 3.63) is 0 Å². The van der Waals surface area contributed by atoms with E-state index in [0.717, 1.165) is 17.3 Å². The van der Waals surface area contributed by atoms with Crippen LogP contribution >= 0.6 is 15.9 Å². The van der Waals surface area contributed by atoms with Crippen LogP contribution in [0.3, 0.4) is 0 Å². The maximum atomic E-state index is 3.48. The van der Waals surface area contributed by atoms with Crippen LogP contribution in [0, 0.1) is 5.92 Å². The first-order chi connectivity index (χ1) is 5.75. The summed E-state index contributed by atoms with van der Waals surface area (Å²) in [5.74, 6) is 0.897. The van der Waals surface area contributed by atoms with E-state index >= 15 is 0 Å². The standard InChI is InChI=1S/C10H20BrN/c1-9-5-3-7-12(10(9)2)8-4-6-11/h9-10H,3-8H2,1-2H3. The zero-order valence-electron chi connectivity index (χ0n) is 8.22. The molecule has 0 spiro atoms. The second kappa shape index (κ2) is 5.23. The highest BCUT2D eigenvalue weighted by Gasteiger charge is 2.23. The predicted molar refractivity (Wildman–Crippen MR) is 57.8 cm³/mol. The van der Waals surface area contributed by atoms with E-state index in [1.54, 1.807) is 0 Å². The Morgan fingerprint density at radius 3 is 2.83 bits per heavy atom. The first-order valence-corrected chi connectivity index (χ1v) is 6.18. The molecule has 1 fully saturated rings. The highest BCUT2D eigenvalue weighted by molar-refractivity contribution is 9.09. The van der Waals surface area contributed by atoms with E-state index in [1.807, 2.05) is 0 Å². The molecule has 12 heavy (non-hydrogen) atoms. The molecule has 0 aliphatic carbocycles. The summed E-state index contributed by atoms with van der Waals surface area (Å²) in [7, 11) is 0. The third-order valence-corrected chi connectivity index (χ3v) is 3.64. The number of nitrogens with zero attached hydrogens (tertiary/aromatic N) is 1. The van der Waals surface area contributed by atoms with Crippen molar-refractivity contribution in [2.45, 2.75) is 39.2 Å². The van der Waals surface area contributed by atoms with E-state index < -0.39 is 0 Å². The molecule has 0 aromatic heterocycles. The Labute approximate surface area is 84.6 Å². The van der Waals surface area contributed by atoms with E-state index in [1.165, 1.54) is 32.4 Å². The van der Waals surface area contributed by atoms with Gasteiger partial charge < -0.3 is 4.90 Å². The molecule has 1 rings (SSSR count). The number of halogens is 1. The van der Waals surface area contributed by atoms with Crippen LogP contribution in [0.25, 0.3) is 0 Å². The van der Waals surface area contributed by atoms with Crippen molar-refractivity contribution in [2.75, 3.05) is 18.4 Å². The Morgan fingerprint density at radius 1 is 1.42 bits per heavy atom. The van der Waals surface area contributed by atoms with Crippen molar-refractivity contribution in [1.29, 1.82) is 0 Å². The topological polar surface area (TPSA) is 3.24 Å². The van der Waals surface area contributed by atoms with Gasteiger partial charge in [-0.05, 0) is 45.2 Å². The average Bonchev–Trinajstić information content (AvgIpc) is 2.08. The second-order valence-corrected chi connectivity index (χ2v) is 4.73. The molecule has 0 saturated carbocycles. The lowest BCUT2D eigenvalue weighted by Crippen LogP contribution is -2.42. The normalized spacial score (nSPS) is 32.2. The number of alkyl halides is 1. The zero-order chi connectivity index (χ0) is 8.97. The van der Waals surface area contributed by atoms with Gasteiger partial charge in [0.2, 0.25) is 0 Å². The molecule has 1 aliphatic rings. The van der Waals surface area contributed by atoms with Gasteiger partial charge in [-0.25, -0.2) is 0 Å². The van der Waals surface area contributed by atoms with Crippen molar-refractivity contribution >= 4 is 15.9 Å². The predicted octanol–water partition coefficient (Wildman–Crippen LogP) is 2.89. The number of hydrogen-bond acceptors (Lipinski definition) is 1. The summed E-state index contributed by atoms with van der Waals surface area (Å²) in [5, 5.41) is 1.14. The van der Waals surface area contributed by atoms with E-state index in [4.69, 9.17) is 0 Å². The molecule has 0 radical (unpaired) electrons. The molecule has 2 unspecified atom stereocenters. The third-order valence-electron chi connectivity index (χ3n) is 3.08. The van der Waals surface area contributed by atoms with Crippen LogP contribution in [0.4, 0.5) is 0 Å². The number of hydrogen-bond donors (Lipinski definition) is 0. The van der Waals surface area contributed by atoms with Crippen molar-refractivity contribution in [2.24, 2.45) is 5.92 Å². The van der Waals surface area contributed by atoms with Crippen molar-refractivity contribution in [3.8, 4) is 0 Å². The maximum absolute atomic E-state index is 3.48. The van der Waals surface area contributed by atoms with Crippen LogP contribution in [0.5, 0.6) is 0 Å². The number of likely N-dealkylation sites (tertiary alicyclic amines) is 1. The summed E-state index contributed by atoms with van der Waals surface area (Å²) in [6, 6.07) is 0.804. The molecular weight excluding hydrogens is 214 g/mol. The average molecular weight is 234 g/mol. The summed E-state index contributed by atoms with van der Waals surface area (Å²) in [5.41, 5.74) is 0. The van der Waals surface area contributed by atoms with Crippen LogP contribution in [0.2, 0.25) is 0 Å². The van der Waals surface area contributed by atoms with Gasteiger partial charge in [-0.1, -0.05) is 22.9 Å². The first-order valence-electron chi connectivity index (χ1n) is 5.05. The Kier molecular flexibility index (Phi) is 4.59. The fourth-order valence-corrected chi connectivity index (χ4v) is 2.25. The molecule has 1 aliphatic heterocycles. The van der Waals surface area contributed by atoms with E-state index in [-0.39, 0.29) is 0 Å². The Hall–Kier alpha value is 0.440. The molecule has 1 nitrogen and oxygen atoms in total. The minimum Gasteiger partial charge on any atom is -0.300 e. The summed E-state index contributed by atoms with van der Waals surface area (Å²) in [6.45, 7) is 7.35. The summed E-state index contributed by atoms with van der Waals surface area (Å²) < 4.78 is 0. The van der Waals surface area contributed by atoms with Gasteiger partial charge in [0, 0.05) is 11.4 Å². The fraction of sp³-hybridized carbons (Fsp3) is 1.00. The van der Waals surface area contributed by atoms with Crippen LogP contribution in [0.1, 0.15) is 33.1 Å². The zero-order valence-corrected chi connectivity index (χ0v) is 9.81. The molecule has 0 aromatic rings. The van der Waals surface area contributed by atoms with Crippen LogP contribution in [-0.4, -0.2) is 29.4 Å². The van der Waals surface area contributed by atoms with Crippen LogP contribution in [-0.2, 0) is 0 Å². The molecule has 1 saturated heterocycles. The van der Waals surface area contributed by atoms with Gasteiger partial charge in [0.15, 0.2) is 0 Å². The molecule has 72 valence electrons. The van der Waals surface area contributed by atoms with Gasteiger partial charge in [0.25, 0.3) is 0 Å². The van der Waals surface area contributed by atoms with E-state index in [2.05, 4.69) is 34.7 Å². The smallest absolute Gasteiger partial charge is 0.00925 e. The molecule has 0 amide bonds. The highest BCUT2D eigenvalue weighted by atomic mass is 79.9. The lowest BCUT2D eigenvalue weighted by Gasteiger charge is -2.37. The number of piperidine rings is 1. The molecule has 2 heteroatoms. The van der Waals surface area contributed by atoms with Crippen LogP contribution in [0.15, 0.2) is 0 Å². The lowest BCUT2D eigenvalue weighted by atomic mass is 9.92. The molecule has 0 N–H and O–H groups in total. The minimum absolute atomic E-state index is 0.804. The summed E-state index contributed by atoms with van der Waals surface area (Å²) >= 11 is 3.48. The maximum Gasteiger partial charge on any atom is 0.00925 e. The van der Waals surface area contributed by atoms with Gasteiger partial charge in [0.1, 0.15) is 0 Å². The largest absolute Gasteiger partial charge is 0.300 e. The molecular formula is C10H20BrN. The van der Waals surface area contributed by atoms with E-state index in [9.17, 15) is 0 Å². The monoisotopic (exact) mass is 233 g/mol. The third kappa shape index (κ3) is 2.74. The van der Waals surface area contributed by atoms with Gasteiger partial charge in [-0.3, -0.25) is 0 Å². The Morgan fingerprint density at radius 2 is 2.17 bits per heavy atom. The van der Waals surface area contributed by atoms with Gasteiger partial charge in [-0.2, -0.15) is 0 Å². The lowest BCUT2D eigenvalue weighted by molar-refractivity contribution is 0.114. The van der Waals surface area contributed by atoms with Crippen molar-refractivity contribution < 1.29 is 0 Å². The van der Waals surface area contributed by atoms with Crippen LogP contribution < -0.4 is 0 Å². The Balaban J connectivity index is 2.30. The second-order valence-electron chi connectivity index (χ2n) is 3.94. The SMILES string of the molecule is CC1CCCN(CCCBr)C1C. The molecule has 2 atom stereocenters. The molecule has 0 aromatic carbocycles. The van der Waals surface area contributed by atoms with Crippen molar-refractivity contribution in [3.63, 3.8) is 0 Å². The van der Waals surface area contributed by atoms with Crippen molar-refractivity contribution in [1.82, 2.24) is 4.90 Å². The minimum atomic E-state index is 0.804. The first kappa shape index (κ1) is 10.5. The van der Waals surface area contributed by atoms with Gasteiger partial charge in [0.05, 0.1) is 0 Å². The van der Waals surface area contributed by atoms with Gasteiger partial charge >= 0.3 is 0 Å². The highest BCUT2D eigenvalue weighted by Crippen LogP contribution is 2.22. The van der Waals surface area contributed by atoms with Gasteiger partial charge in [-0.15, -0.1) is 0 Å². The summed E-state index contributed by atoms with van der Waals surface area (Å²) in [6.07, 6.45) is 4.11. The fourth-order valence-electron chi connectivity index (χ4n) is 2.00. The van der Waals surface area contributed by atoms with E-state index in [0.29, 0.717) is 0 Å².